The van der Waals surface area contributed by atoms with Gasteiger partial charge < -0.3 is 15.2 Å². The average molecular weight is 419 g/mol. The normalized spacial score (nSPS) is 11.0. The van der Waals surface area contributed by atoms with Crippen molar-refractivity contribution in [1.82, 2.24) is 20.8 Å². The molecule has 120 valence electrons. The molecule has 2 aromatic rings. The summed E-state index contributed by atoms with van der Waals surface area (Å²) in [4.78, 5) is 8.18. The third-order valence-electron chi connectivity index (χ3n) is 2.80. The van der Waals surface area contributed by atoms with Crippen LogP contribution < -0.4 is 10.6 Å². The number of nitrogens with zero attached hydrogens (tertiary/aromatic N) is 3. The Bertz CT molecular complexity index is 617. The van der Waals surface area contributed by atoms with E-state index in [0.717, 1.165) is 5.56 Å². The van der Waals surface area contributed by atoms with Crippen molar-refractivity contribution in [3.05, 3.63) is 47.4 Å². The molecule has 0 bridgehead atoms. The molecule has 0 amide bonds. The largest absolute Gasteiger partial charge is 0.356 e. The van der Waals surface area contributed by atoms with Crippen molar-refractivity contribution in [3.8, 4) is 0 Å². The zero-order chi connectivity index (χ0) is 15.1. The second-order valence-corrected chi connectivity index (χ2v) is 4.47. The van der Waals surface area contributed by atoms with E-state index in [2.05, 4.69) is 25.8 Å². The standard InChI is InChI=1S/C14H18FN5O.HI/c1-10-19-13(21-20-10)9-18-14(16-2)17-7-6-11-4-3-5-12(15)8-11;/h3-5,8H,6-7,9H2,1-2H3,(H2,16,17,18);1H. The maximum absolute atomic E-state index is 13.0. The number of aryl methyl sites for hydroxylation is 1. The van der Waals surface area contributed by atoms with Crippen LogP contribution in [0.3, 0.4) is 0 Å². The molecule has 2 N–H and O–H groups in total. The second-order valence-electron chi connectivity index (χ2n) is 4.47. The van der Waals surface area contributed by atoms with Crippen molar-refractivity contribution in [2.75, 3.05) is 13.6 Å². The minimum Gasteiger partial charge on any atom is -0.356 e. The molecule has 0 aliphatic carbocycles. The molecule has 22 heavy (non-hydrogen) atoms. The first-order chi connectivity index (χ1) is 10.2. The summed E-state index contributed by atoms with van der Waals surface area (Å²) < 4.78 is 18.0. The topological polar surface area (TPSA) is 75.3 Å². The van der Waals surface area contributed by atoms with E-state index in [-0.39, 0.29) is 29.8 Å². The quantitative estimate of drug-likeness (QED) is 0.441. The Labute approximate surface area is 145 Å². The van der Waals surface area contributed by atoms with Crippen molar-refractivity contribution in [2.24, 2.45) is 4.99 Å². The molecule has 0 atom stereocenters. The third-order valence-corrected chi connectivity index (χ3v) is 2.80. The van der Waals surface area contributed by atoms with Gasteiger partial charge in [0.25, 0.3) is 0 Å². The van der Waals surface area contributed by atoms with Gasteiger partial charge in [-0.05, 0) is 31.0 Å². The van der Waals surface area contributed by atoms with E-state index in [1.807, 2.05) is 6.07 Å². The van der Waals surface area contributed by atoms with Crippen molar-refractivity contribution in [1.29, 1.82) is 0 Å². The predicted octanol–water partition coefficient (Wildman–Crippen LogP) is 2.04. The molecule has 0 fully saturated rings. The van der Waals surface area contributed by atoms with Crippen molar-refractivity contribution in [2.45, 2.75) is 19.9 Å². The van der Waals surface area contributed by atoms with Gasteiger partial charge in [-0.1, -0.05) is 17.3 Å². The van der Waals surface area contributed by atoms with Gasteiger partial charge in [0, 0.05) is 13.6 Å². The van der Waals surface area contributed by atoms with Crippen LogP contribution in [0.25, 0.3) is 0 Å². The number of aliphatic imine (C=N–C) groups is 1. The highest BCUT2D eigenvalue weighted by Crippen LogP contribution is 2.03. The molecule has 0 aliphatic heterocycles. The van der Waals surface area contributed by atoms with Gasteiger partial charge in [0.1, 0.15) is 5.82 Å². The van der Waals surface area contributed by atoms with E-state index in [9.17, 15) is 4.39 Å². The fourth-order valence-corrected chi connectivity index (χ4v) is 1.81. The molecule has 0 unspecified atom stereocenters. The molecule has 2 rings (SSSR count). The van der Waals surface area contributed by atoms with Gasteiger partial charge in [-0.25, -0.2) is 4.39 Å². The Hall–Kier alpha value is -1.71. The molecule has 6 nitrogen and oxygen atoms in total. The van der Waals surface area contributed by atoms with Gasteiger partial charge in [0.05, 0.1) is 6.54 Å². The summed E-state index contributed by atoms with van der Waals surface area (Å²) in [6.07, 6.45) is 0.706. The van der Waals surface area contributed by atoms with E-state index in [0.29, 0.717) is 37.2 Å². The summed E-state index contributed by atoms with van der Waals surface area (Å²) >= 11 is 0. The van der Waals surface area contributed by atoms with Crippen LogP contribution in [0.15, 0.2) is 33.8 Å². The molecular weight excluding hydrogens is 400 g/mol. The molecular formula is C14H19FIN5O. The lowest BCUT2D eigenvalue weighted by Crippen LogP contribution is -2.37. The van der Waals surface area contributed by atoms with Gasteiger partial charge in [-0.15, -0.1) is 24.0 Å². The number of hydrogen-bond donors (Lipinski definition) is 2. The fourth-order valence-electron chi connectivity index (χ4n) is 1.81. The van der Waals surface area contributed by atoms with Gasteiger partial charge in [0.2, 0.25) is 5.89 Å². The molecule has 0 radical (unpaired) electrons. The Morgan fingerprint density at radius 1 is 1.36 bits per heavy atom. The Balaban J connectivity index is 0.00000242. The van der Waals surface area contributed by atoms with Crippen LogP contribution in [-0.4, -0.2) is 29.7 Å². The highest BCUT2D eigenvalue weighted by molar-refractivity contribution is 14.0. The molecule has 1 aromatic carbocycles. The third kappa shape index (κ3) is 5.96. The van der Waals surface area contributed by atoms with Gasteiger partial charge in [0.15, 0.2) is 11.8 Å². The minimum atomic E-state index is -0.221. The molecule has 0 aliphatic rings. The lowest BCUT2D eigenvalue weighted by atomic mass is 10.1. The number of hydrogen-bond acceptors (Lipinski definition) is 4. The van der Waals surface area contributed by atoms with E-state index in [1.54, 1.807) is 20.0 Å². The molecule has 8 heteroatoms. The van der Waals surface area contributed by atoms with Crippen LogP contribution in [0, 0.1) is 12.7 Å². The number of guanidine groups is 1. The summed E-state index contributed by atoms with van der Waals surface area (Å²) in [5.74, 6) is 1.51. The molecule has 0 saturated carbocycles. The zero-order valence-corrected chi connectivity index (χ0v) is 14.8. The molecule has 0 spiro atoms. The first-order valence-electron chi connectivity index (χ1n) is 6.65. The lowest BCUT2D eigenvalue weighted by Gasteiger charge is -2.10. The Morgan fingerprint density at radius 2 is 2.18 bits per heavy atom. The summed E-state index contributed by atoms with van der Waals surface area (Å²) in [5.41, 5.74) is 0.936. The van der Waals surface area contributed by atoms with Crippen molar-refractivity contribution in [3.63, 3.8) is 0 Å². The maximum atomic E-state index is 13.0. The predicted molar refractivity (Wildman–Crippen MR) is 92.8 cm³/mol. The first kappa shape index (κ1) is 18.3. The summed E-state index contributed by atoms with van der Waals surface area (Å²) in [7, 11) is 1.68. The lowest BCUT2D eigenvalue weighted by molar-refractivity contribution is 0.371. The van der Waals surface area contributed by atoms with Crippen LogP contribution >= 0.6 is 24.0 Å². The Morgan fingerprint density at radius 3 is 2.82 bits per heavy atom. The SMILES string of the molecule is CN=C(NCCc1cccc(F)c1)NCc1nc(C)no1.I. The number of rotatable bonds is 5. The van der Waals surface area contributed by atoms with Gasteiger partial charge in [-0.3, -0.25) is 4.99 Å². The van der Waals surface area contributed by atoms with Gasteiger partial charge >= 0.3 is 0 Å². The number of nitrogens with one attached hydrogen (secondary N) is 2. The van der Waals surface area contributed by atoms with Crippen LogP contribution in [-0.2, 0) is 13.0 Å². The van der Waals surface area contributed by atoms with E-state index >= 15 is 0 Å². The summed E-state index contributed by atoms with van der Waals surface area (Å²) in [6.45, 7) is 2.81. The van der Waals surface area contributed by atoms with Crippen LogP contribution in [0.4, 0.5) is 4.39 Å². The maximum Gasteiger partial charge on any atom is 0.246 e. The minimum absolute atomic E-state index is 0. The smallest absolute Gasteiger partial charge is 0.246 e. The zero-order valence-electron chi connectivity index (χ0n) is 12.5. The number of aromatic nitrogens is 2. The number of halogens is 2. The van der Waals surface area contributed by atoms with Crippen molar-refractivity contribution < 1.29 is 8.91 Å². The van der Waals surface area contributed by atoms with Crippen LogP contribution in [0.1, 0.15) is 17.3 Å². The van der Waals surface area contributed by atoms with E-state index in [1.165, 1.54) is 12.1 Å². The highest BCUT2D eigenvalue weighted by atomic mass is 127. The van der Waals surface area contributed by atoms with E-state index in [4.69, 9.17) is 4.52 Å². The molecule has 1 heterocycles. The monoisotopic (exact) mass is 419 g/mol. The molecule has 1 aromatic heterocycles. The average Bonchev–Trinajstić information content (AvgIpc) is 2.88. The highest BCUT2D eigenvalue weighted by Gasteiger charge is 2.04. The van der Waals surface area contributed by atoms with Crippen LogP contribution in [0.2, 0.25) is 0 Å². The first-order valence-corrected chi connectivity index (χ1v) is 6.65. The summed E-state index contributed by atoms with van der Waals surface area (Å²) in [6, 6.07) is 6.56. The summed E-state index contributed by atoms with van der Waals surface area (Å²) in [5, 5.41) is 9.91. The van der Waals surface area contributed by atoms with Crippen molar-refractivity contribution >= 4 is 29.9 Å². The van der Waals surface area contributed by atoms with Gasteiger partial charge in [-0.2, -0.15) is 4.98 Å². The van der Waals surface area contributed by atoms with Crippen LogP contribution in [0.5, 0.6) is 0 Å². The molecule has 0 saturated heterocycles. The Kier molecular flexibility index (Phi) is 7.78. The van der Waals surface area contributed by atoms with E-state index < -0.39 is 0 Å². The second kappa shape index (κ2) is 9.34. The fraction of sp³-hybridized carbons (Fsp3) is 0.357. The number of benzene rings is 1.